The van der Waals surface area contributed by atoms with Crippen molar-refractivity contribution in [3.05, 3.63) is 57.8 Å². The van der Waals surface area contributed by atoms with Gasteiger partial charge in [-0.25, -0.2) is 4.98 Å². The highest BCUT2D eigenvalue weighted by molar-refractivity contribution is 5.30. The van der Waals surface area contributed by atoms with Crippen LogP contribution in [0.4, 0.5) is 0 Å². The smallest absolute Gasteiger partial charge is 0.295 e. The molecule has 19 heavy (non-hydrogen) atoms. The zero-order valence-corrected chi connectivity index (χ0v) is 10.7. The zero-order chi connectivity index (χ0) is 13.4. The highest BCUT2D eigenvalue weighted by Gasteiger charge is 2.19. The van der Waals surface area contributed by atoms with Gasteiger partial charge in [-0.05, 0) is 11.1 Å². The fraction of sp³-hybridized carbons (Fsp3) is 0.286. The molecule has 2 aromatic rings. The molecule has 0 unspecified atom stereocenters. The molecule has 0 spiro atoms. The van der Waals surface area contributed by atoms with E-state index in [1.54, 1.807) is 7.05 Å². The van der Waals surface area contributed by atoms with Gasteiger partial charge in [-0.1, -0.05) is 24.3 Å². The van der Waals surface area contributed by atoms with E-state index in [2.05, 4.69) is 22.0 Å². The van der Waals surface area contributed by atoms with Crippen LogP contribution in [0.15, 0.2) is 35.3 Å². The minimum atomic E-state index is -0.401. The summed E-state index contributed by atoms with van der Waals surface area (Å²) in [4.78, 5) is 18.0. The summed E-state index contributed by atoms with van der Waals surface area (Å²) < 4.78 is 1.40. The summed E-state index contributed by atoms with van der Waals surface area (Å²) in [5, 5.41) is 9.32. The van der Waals surface area contributed by atoms with Gasteiger partial charge in [-0.2, -0.15) is 0 Å². The number of benzene rings is 1. The first-order valence-electron chi connectivity index (χ1n) is 6.18. The van der Waals surface area contributed by atoms with E-state index in [1.165, 1.54) is 21.9 Å². The quantitative estimate of drug-likeness (QED) is 0.872. The SMILES string of the molecule is Cn1c(CN2Cc3ccccc3C2)ncc(O)c1=O. The fourth-order valence-corrected chi connectivity index (χ4v) is 2.43. The normalized spacial score (nSPS) is 14.6. The summed E-state index contributed by atoms with van der Waals surface area (Å²) in [5.74, 6) is 0.353. The van der Waals surface area contributed by atoms with Gasteiger partial charge in [0.05, 0.1) is 12.7 Å². The van der Waals surface area contributed by atoms with E-state index >= 15 is 0 Å². The maximum Gasteiger partial charge on any atom is 0.295 e. The lowest BCUT2D eigenvalue weighted by Crippen LogP contribution is -2.26. The van der Waals surface area contributed by atoms with Crippen molar-refractivity contribution < 1.29 is 5.11 Å². The van der Waals surface area contributed by atoms with E-state index < -0.39 is 5.56 Å². The summed E-state index contributed by atoms with van der Waals surface area (Å²) >= 11 is 0. The second-order valence-electron chi connectivity index (χ2n) is 4.84. The Labute approximate surface area is 110 Å². The molecule has 5 nitrogen and oxygen atoms in total. The number of aromatic nitrogens is 2. The Hall–Kier alpha value is -2.14. The molecule has 2 heterocycles. The molecule has 0 saturated heterocycles. The highest BCUT2D eigenvalue weighted by atomic mass is 16.3. The fourth-order valence-electron chi connectivity index (χ4n) is 2.43. The number of aromatic hydroxyl groups is 1. The molecule has 1 N–H and O–H groups in total. The predicted molar refractivity (Wildman–Crippen MR) is 70.5 cm³/mol. The van der Waals surface area contributed by atoms with Crippen LogP contribution in [-0.2, 0) is 26.7 Å². The third-order valence-corrected chi connectivity index (χ3v) is 3.52. The number of hydrogen-bond donors (Lipinski definition) is 1. The van der Waals surface area contributed by atoms with Crippen molar-refractivity contribution in [3.8, 4) is 5.75 Å². The summed E-state index contributed by atoms with van der Waals surface area (Å²) in [6.45, 7) is 2.33. The van der Waals surface area contributed by atoms with Crippen molar-refractivity contribution >= 4 is 0 Å². The molecule has 0 radical (unpaired) electrons. The second kappa shape index (κ2) is 4.51. The summed E-state index contributed by atoms with van der Waals surface area (Å²) in [5.41, 5.74) is 2.25. The Balaban J connectivity index is 1.82. The topological polar surface area (TPSA) is 58.4 Å². The maximum atomic E-state index is 11.6. The van der Waals surface area contributed by atoms with E-state index in [0.29, 0.717) is 12.4 Å². The van der Waals surface area contributed by atoms with Crippen LogP contribution < -0.4 is 5.56 Å². The molecule has 1 aliphatic rings. The van der Waals surface area contributed by atoms with Gasteiger partial charge in [0.1, 0.15) is 5.82 Å². The molecule has 1 aromatic carbocycles. The molecule has 98 valence electrons. The molecular formula is C14H15N3O2. The molecule has 1 aliphatic heterocycles. The molecule has 5 heteroatoms. The number of hydrogen-bond acceptors (Lipinski definition) is 4. The van der Waals surface area contributed by atoms with Gasteiger partial charge in [0.15, 0.2) is 5.75 Å². The van der Waals surface area contributed by atoms with Crippen molar-refractivity contribution in [1.82, 2.24) is 14.5 Å². The van der Waals surface area contributed by atoms with E-state index in [-0.39, 0.29) is 5.75 Å². The average Bonchev–Trinajstić information content (AvgIpc) is 2.82. The number of rotatable bonds is 2. The molecule has 0 atom stereocenters. The van der Waals surface area contributed by atoms with Gasteiger partial charge in [0, 0.05) is 20.1 Å². The average molecular weight is 257 g/mol. The first-order valence-corrected chi connectivity index (χ1v) is 6.18. The Bertz CT molecular complexity index is 654. The largest absolute Gasteiger partial charge is 0.502 e. The standard InChI is InChI=1S/C14H15N3O2/c1-16-13(15-6-12(18)14(16)19)9-17-7-10-4-2-3-5-11(10)8-17/h2-6,18H,7-9H2,1H3. The third-order valence-electron chi connectivity index (χ3n) is 3.52. The molecule has 3 rings (SSSR count). The van der Waals surface area contributed by atoms with Crippen molar-refractivity contribution in [2.75, 3.05) is 0 Å². The second-order valence-corrected chi connectivity index (χ2v) is 4.84. The Morgan fingerprint density at radius 1 is 1.26 bits per heavy atom. The molecule has 1 aromatic heterocycles. The van der Waals surface area contributed by atoms with Crippen molar-refractivity contribution in [2.24, 2.45) is 7.05 Å². The van der Waals surface area contributed by atoms with Gasteiger partial charge < -0.3 is 5.11 Å². The lowest BCUT2D eigenvalue weighted by Gasteiger charge is -2.16. The summed E-state index contributed by atoms with van der Waals surface area (Å²) in [6.07, 6.45) is 1.22. The van der Waals surface area contributed by atoms with Crippen LogP contribution in [0.2, 0.25) is 0 Å². The van der Waals surface area contributed by atoms with Gasteiger partial charge >= 0.3 is 0 Å². The van der Waals surface area contributed by atoms with E-state index in [0.717, 1.165) is 13.1 Å². The minimum Gasteiger partial charge on any atom is -0.502 e. The van der Waals surface area contributed by atoms with Crippen LogP contribution >= 0.6 is 0 Å². The van der Waals surface area contributed by atoms with Gasteiger partial charge in [-0.15, -0.1) is 0 Å². The van der Waals surface area contributed by atoms with E-state index in [9.17, 15) is 9.90 Å². The Kier molecular flexibility index (Phi) is 2.83. The van der Waals surface area contributed by atoms with Crippen LogP contribution in [0.25, 0.3) is 0 Å². The number of nitrogens with zero attached hydrogens (tertiary/aromatic N) is 3. The Morgan fingerprint density at radius 3 is 2.53 bits per heavy atom. The molecular weight excluding hydrogens is 242 g/mol. The molecule has 0 fully saturated rings. The lowest BCUT2D eigenvalue weighted by molar-refractivity contribution is 0.262. The predicted octanol–water partition coefficient (Wildman–Crippen LogP) is 1.00. The van der Waals surface area contributed by atoms with Crippen molar-refractivity contribution in [2.45, 2.75) is 19.6 Å². The number of fused-ring (bicyclic) bond motifs is 1. The van der Waals surface area contributed by atoms with Crippen LogP contribution in [-0.4, -0.2) is 19.6 Å². The van der Waals surface area contributed by atoms with E-state index in [1.807, 2.05) is 12.1 Å². The van der Waals surface area contributed by atoms with Crippen molar-refractivity contribution in [3.63, 3.8) is 0 Å². The first kappa shape index (κ1) is 11.9. The summed E-state index contributed by atoms with van der Waals surface area (Å²) in [6, 6.07) is 8.32. The van der Waals surface area contributed by atoms with Crippen LogP contribution in [0.3, 0.4) is 0 Å². The van der Waals surface area contributed by atoms with Crippen LogP contribution in [0.1, 0.15) is 17.0 Å². The molecule has 0 amide bonds. The van der Waals surface area contributed by atoms with Gasteiger partial charge in [-0.3, -0.25) is 14.3 Å². The van der Waals surface area contributed by atoms with Crippen LogP contribution in [0, 0.1) is 0 Å². The van der Waals surface area contributed by atoms with Crippen LogP contribution in [0.5, 0.6) is 5.75 Å². The molecule has 0 saturated carbocycles. The minimum absolute atomic E-state index is 0.309. The van der Waals surface area contributed by atoms with E-state index in [4.69, 9.17) is 0 Å². The lowest BCUT2D eigenvalue weighted by atomic mass is 10.1. The van der Waals surface area contributed by atoms with Gasteiger partial charge in [0.25, 0.3) is 5.56 Å². The highest BCUT2D eigenvalue weighted by Crippen LogP contribution is 2.23. The Morgan fingerprint density at radius 2 is 1.89 bits per heavy atom. The molecule has 0 bridgehead atoms. The maximum absolute atomic E-state index is 11.6. The zero-order valence-electron chi connectivity index (χ0n) is 10.7. The summed E-state index contributed by atoms with van der Waals surface area (Å²) in [7, 11) is 1.63. The van der Waals surface area contributed by atoms with Crippen molar-refractivity contribution in [1.29, 1.82) is 0 Å². The monoisotopic (exact) mass is 257 g/mol. The third kappa shape index (κ3) is 2.13. The first-order chi connectivity index (χ1) is 9.15. The molecule has 0 aliphatic carbocycles. The van der Waals surface area contributed by atoms with Gasteiger partial charge in [0.2, 0.25) is 0 Å².